The van der Waals surface area contributed by atoms with Crippen LogP contribution in [0.15, 0.2) is 131 Å². The molecule has 1 aliphatic carbocycles. The highest BCUT2D eigenvalue weighted by atomic mass is 32.2. The van der Waals surface area contributed by atoms with E-state index in [1.807, 2.05) is 123 Å². The Morgan fingerprint density at radius 1 is 0.380 bits per heavy atom. The molecule has 0 saturated carbocycles. The quantitative estimate of drug-likeness (QED) is 0.0663. The lowest BCUT2D eigenvalue weighted by Crippen LogP contribution is -2.21. The molecule has 1 aliphatic rings. The fourth-order valence-corrected chi connectivity index (χ4v) is 14.4. The molecule has 0 saturated heterocycles. The van der Waals surface area contributed by atoms with Gasteiger partial charge in [0.25, 0.3) is 0 Å². The van der Waals surface area contributed by atoms with Crippen LogP contribution >= 0.6 is 0 Å². The fraction of sp³-hybridized carbons (Fsp3) is 0.395. The first kappa shape index (κ1) is 68.3. The number of carbonyl (C=O) groups is 2. The van der Waals surface area contributed by atoms with Crippen molar-refractivity contribution in [3.05, 3.63) is 188 Å². The van der Waals surface area contributed by atoms with Crippen molar-refractivity contribution in [1.29, 1.82) is 0 Å². The minimum absolute atomic E-state index is 0.0116. The Balaban J connectivity index is 1.44. The molecule has 14 nitrogen and oxygen atoms in total. The SMILES string of the molecule is CCOC(=O)COc1c2cc(C(C)(C)C)cc1Cc1cc(C(C)(C)C)cc(c1OS(=O)(=O)c1cccc3c(N(C)C)cccc13)Cc1cc(C(C)(C)C)cc(c1OCC(=O)OCC)Cc1cc(C(C)(C)C)cc(c1OS(=O)(=O)c1cccc3c(N(C)C)cccc13)C2. The van der Waals surface area contributed by atoms with Gasteiger partial charge in [0.2, 0.25) is 0 Å². The topological polar surface area (TPSA) is 164 Å². The lowest BCUT2D eigenvalue weighted by Gasteiger charge is -2.29. The van der Waals surface area contributed by atoms with Crippen molar-refractivity contribution in [3.63, 3.8) is 0 Å². The molecule has 0 atom stereocenters. The van der Waals surface area contributed by atoms with Gasteiger partial charge in [-0.2, -0.15) is 16.8 Å². The van der Waals surface area contributed by atoms with Crippen LogP contribution < -0.4 is 27.6 Å². The summed E-state index contributed by atoms with van der Waals surface area (Å²) >= 11 is 0. The van der Waals surface area contributed by atoms with Gasteiger partial charge >= 0.3 is 32.2 Å². The molecule has 8 bridgehead atoms. The summed E-state index contributed by atoms with van der Waals surface area (Å²) in [5.74, 6) is -0.426. The molecular weight excluding hydrogens is 1200 g/mol. The van der Waals surface area contributed by atoms with E-state index in [1.54, 1.807) is 50.2 Å². The van der Waals surface area contributed by atoms with E-state index in [2.05, 4.69) is 83.1 Å². The fourth-order valence-electron chi connectivity index (χ4n) is 11.9. The summed E-state index contributed by atoms with van der Waals surface area (Å²) in [7, 11) is -1.76. The van der Waals surface area contributed by atoms with Crippen molar-refractivity contribution in [3.8, 4) is 23.0 Å². The van der Waals surface area contributed by atoms with Crippen LogP contribution in [-0.2, 0) is 86.6 Å². The van der Waals surface area contributed by atoms with Crippen molar-refractivity contribution in [1.82, 2.24) is 0 Å². The van der Waals surface area contributed by atoms with E-state index in [-0.39, 0.29) is 60.2 Å². The van der Waals surface area contributed by atoms with Crippen molar-refractivity contribution >= 4 is 65.1 Å². The van der Waals surface area contributed by atoms with Crippen molar-refractivity contribution < 1.29 is 53.7 Å². The standard InChI is InChI=1S/C76H90N2O12S2/c1-19-85-67(79)45-87-69-47-33-51-41-57(75(9,10)11)43-53(71(51)89-91(81,82)65-31-23-25-59-61(65)27-21-29-63(59)77(15)16)35-49-39-56(74(6,7)8)40-50(70(49)88-46-68(80)86-20-2)36-54-44-58(76(12,13)14)42-52(34-48(69)38-55(37-47)73(3,4)5)72(54)90-92(83,84)66-32-24-26-60-62(66)28-22-30-64(60)78(17)18/h21-32,37-44H,19-20,33-36,45-46H2,1-18H3. The van der Waals surface area contributed by atoms with E-state index in [0.29, 0.717) is 66.8 Å². The number of ether oxygens (including phenoxy) is 4. The first-order valence-corrected chi connectivity index (χ1v) is 34.3. The average molecular weight is 1290 g/mol. The summed E-state index contributed by atoms with van der Waals surface area (Å²) in [4.78, 5) is 31.1. The summed E-state index contributed by atoms with van der Waals surface area (Å²) in [6.07, 6.45) is 0.0464. The molecule has 0 radical (unpaired) electrons. The van der Waals surface area contributed by atoms with Gasteiger partial charge in [0.1, 0.15) is 32.8 Å². The molecule has 9 rings (SSSR count). The van der Waals surface area contributed by atoms with E-state index in [0.717, 1.165) is 44.4 Å². The number of carbonyl (C=O) groups excluding carboxylic acids is 2. The van der Waals surface area contributed by atoms with Gasteiger partial charge in [0.15, 0.2) is 13.2 Å². The summed E-state index contributed by atoms with van der Waals surface area (Å²) < 4.78 is 101. The van der Waals surface area contributed by atoms with Gasteiger partial charge in [0.05, 0.1) is 13.2 Å². The van der Waals surface area contributed by atoms with E-state index in [9.17, 15) is 9.59 Å². The van der Waals surface area contributed by atoms with Gasteiger partial charge in [-0.3, -0.25) is 0 Å². The van der Waals surface area contributed by atoms with Crippen molar-refractivity contribution in [2.75, 3.05) is 64.4 Å². The maximum Gasteiger partial charge on any atom is 0.344 e. The molecule has 8 aromatic rings. The second-order valence-corrected chi connectivity index (χ2v) is 31.5. The zero-order valence-electron chi connectivity index (χ0n) is 56.8. The first-order chi connectivity index (χ1) is 43.0. The summed E-state index contributed by atoms with van der Waals surface area (Å²) in [6.45, 7) is 27.8. The Morgan fingerprint density at radius 2 is 0.630 bits per heavy atom. The Labute approximate surface area is 545 Å². The highest BCUT2D eigenvalue weighted by Gasteiger charge is 2.34. The smallest absolute Gasteiger partial charge is 0.344 e. The van der Waals surface area contributed by atoms with Gasteiger partial charge in [-0.1, -0.05) is 180 Å². The monoisotopic (exact) mass is 1290 g/mol. The van der Waals surface area contributed by atoms with E-state index in [1.165, 1.54) is 0 Å². The van der Waals surface area contributed by atoms with Crippen LogP contribution in [0.2, 0.25) is 0 Å². The average Bonchev–Trinajstić information content (AvgIpc) is 0.778. The molecule has 0 amide bonds. The number of fused-ring (bicyclic) bond motifs is 10. The van der Waals surface area contributed by atoms with Gasteiger partial charge in [-0.25, -0.2) is 9.59 Å². The van der Waals surface area contributed by atoms with Gasteiger partial charge in [0, 0.05) is 109 Å². The lowest BCUT2D eigenvalue weighted by atomic mass is 9.79. The number of hydrogen-bond acceptors (Lipinski definition) is 14. The van der Waals surface area contributed by atoms with Crippen LogP contribution in [0.1, 0.15) is 164 Å². The van der Waals surface area contributed by atoms with Crippen LogP contribution in [0.4, 0.5) is 11.4 Å². The Bertz CT molecular complexity index is 4010. The highest BCUT2D eigenvalue weighted by Crippen LogP contribution is 2.46. The van der Waals surface area contributed by atoms with E-state index >= 15 is 16.8 Å². The predicted octanol–water partition coefficient (Wildman–Crippen LogP) is 15.4. The molecule has 0 aromatic heterocycles. The normalized spacial score (nSPS) is 13.2. The van der Waals surface area contributed by atoms with Crippen LogP contribution in [-0.4, -0.2) is 83.4 Å². The molecule has 0 aliphatic heterocycles. The third kappa shape index (κ3) is 14.9. The van der Waals surface area contributed by atoms with Gasteiger partial charge in [-0.15, -0.1) is 0 Å². The van der Waals surface area contributed by atoms with Gasteiger partial charge < -0.3 is 37.1 Å². The molecule has 16 heteroatoms. The Morgan fingerprint density at radius 3 is 0.880 bits per heavy atom. The molecule has 8 aromatic carbocycles. The largest absolute Gasteiger partial charge is 0.481 e. The second kappa shape index (κ2) is 26.1. The summed E-state index contributed by atoms with van der Waals surface area (Å²) in [5, 5.41) is 2.38. The highest BCUT2D eigenvalue weighted by molar-refractivity contribution is 7.87. The molecule has 0 N–H and O–H groups in total. The second-order valence-electron chi connectivity index (χ2n) is 28.5. The van der Waals surface area contributed by atoms with Crippen molar-refractivity contribution in [2.45, 2.75) is 154 Å². The molecule has 0 fully saturated rings. The van der Waals surface area contributed by atoms with Crippen LogP contribution in [0, 0.1) is 0 Å². The molecule has 0 unspecified atom stereocenters. The van der Waals surface area contributed by atoms with Crippen LogP contribution in [0.3, 0.4) is 0 Å². The number of nitrogens with zero attached hydrogens (tertiary/aromatic N) is 2. The molecule has 92 heavy (non-hydrogen) atoms. The maximum atomic E-state index is 15.7. The zero-order chi connectivity index (χ0) is 67.2. The minimum Gasteiger partial charge on any atom is -0.481 e. The predicted molar refractivity (Wildman–Crippen MR) is 368 cm³/mol. The van der Waals surface area contributed by atoms with Crippen molar-refractivity contribution in [2.24, 2.45) is 0 Å². The number of rotatable bonds is 16. The third-order valence-corrected chi connectivity index (χ3v) is 19.4. The lowest BCUT2D eigenvalue weighted by molar-refractivity contribution is -0.146. The maximum absolute atomic E-state index is 15.7. The van der Waals surface area contributed by atoms with E-state index < -0.39 is 67.0 Å². The number of hydrogen-bond donors (Lipinski definition) is 0. The van der Waals surface area contributed by atoms with E-state index in [4.69, 9.17) is 27.3 Å². The zero-order valence-corrected chi connectivity index (χ0v) is 58.4. The number of anilines is 2. The minimum atomic E-state index is -4.70. The first-order valence-electron chi connectivity index (χ1n) is 31.5. The molecule has 0 heterocycles. The summed E-state index contributed by atoms with van der Waals surface area (Å²) in [5.41, 5.74) is 7.42. The number of benzene rings is 8. The molecular formula is C76H90N2O12S2. The van der Waals surface area contributed by atoms with Gasteiger partial charge in [-0.05, 0) is 104 Å². The Kier molecular flexibility index (Phi) is 19.4. The van der Waals surface area contributed by atoms with Crippen LogP contribution in [0.5, 0.6) is 23.0 Å². The molecule has 488 valence electrons. The Hall–Kier alpha value is -8.08. The summed E-state index contributed by atoms with van der Waals surface area (Å²) in [6, 6.07) is 37.5. The molecule has 0 spiro atoms. The number of esters is 2. The van der Waals surface area contributed by atoms with Crippen LogP contribution in [0.25, 0.3) is 21.5 Å². The third-order valence-electron chi connectivity index (χ3n) is 16.8.